The first-order valence-electron chi connectivity index (χ1n) is 10.1. The molecule has 0 saturated heterocycles. The number of nitrogens with one attached hydrogen (secondary N) is 2. The summed E-state index contributed by atoms with van der Waals surface area (Å²) in [4.78, 5) is 22.7. The van der Waals surface area contributed by atoms with E-state index in [1.54, 1.807) is 24.2 Å². The molecule has 3 rings (SSSR count). The molecule has 0 aliphatic heterocycles. The number of hydrogen-bond acceptors (Lipinski definition) is 4. The number of nitrogens with zero attached hydrogens (tertiary/aromatic N) is 2. The third-order valence-corrected chi connectivity index (χ3v) is 5.47. The van der Waals surface area contributed by atoms with Gasteiger partial charge >= 0.3 is 0 Å². The molecule has 1 heterocycles. The Bertz CT molecular complexity index is 1040. The van der Waals surface area contributed by atoms with Crippen LogP contribution < -0.4 is 10.6 Å². The number of amides is 1. The number of benzene rings is 2. The van der Waals surface area contributed by atoms with E-state index >= 15 is 0 Å². The lowest BCUT2D eigenvalue weighted by Gasteiger charge is -2.19. The van der Waals surface area contributed by atoms with Gasteiger partial charge < -0.3 is 5.32 Å². The van der Waals surface area contributed by atoms with Crippen molar-refractivity contribution >= 4 is 29.3 Å². The molecule has 5 nitrogen and oxygen atoms in total. The molecular formula is C25H28N4OS. The van der Waals surface area contributed by atoms with Crippen LogP contribution in [0.25, 0.3) is 0 Å². The van der Waals surface area contributed by atoms with Crippen molar-refractivity contribution in [2.24, 2.45) is 4.99 Å². The molecular weight excluding hydrogens is 404 g/mol. The van der Waals surface area contributed by atoms with Gasteiger partial charge in [0.15, 0.2) is 0 Å². The highest BCUT2D eigenvalue weighted by Gasteiger charge is 2.15. The van der Waals surface area contributed by atoms with E-state index < -0.39 is 0 Å². The van der Waals surface area contributed by atoms with Crippen molar-refractivity contribution in [2.75, 3.05) is 11.6 Å². The molecule has 0 aliphatic rings. The summed E-state index contributed by atoms with van der Waals surface area (Å²) in [6, 6.07) is 19.5. The Kier molecular flexibility index (Phi) is 7.47. The Hall–Kier alpha value is -3.12. The van der Waals surface area contributed by atoms with E-state index in [0.29, 0.717) is 18.1 Å². The van der Waals surface area contributed by atoms with Gasteiger partial charge in [-0.05, 0) is 65.3 Å². The molecule has 31 heavy (non-hydrogen) atoms. The number of hydrogen-bond donors (Lipinski definition) is 2. The molecule has 3 aromatic rings. The van der Waals surface area contributed by atoms with Gasteiger partial charge in [0, 0.05) is 28.5 Å². The molecule has 6 heteroatoms. The van der Waals surface area contributed by atoms with Crippen LogP contribution in [0, 0.1) is 0 Å². The highest BCUT2D eigenvalue weighted by atomic mass is 32.2. The topological polar surface area (TPSA) is 66.4 Å². The molecule has 2 aromatic carbocycles. The second-order valence-corrected chi connectivity index (χ2v) is 9.04. The lowest BCUT2D eigenvalue weighted by atomic mass is 9.87. The van der Waals surface area contributed by atoms with Crippen LogP contribution in [0.2, 0.25) is 0 Å². The van der Waals surface area contributed by atoms with Crippen LogP contribution >= 0.6 is 11.8 Å². The minimum absolute atomic E-state index is 0.0377. The molecule has 0 saturated carbocycles. The second kappa shape index (κ2) is 10.3. The molecule has 0 bridgehead atoms. The standard InChI is InChI=1S/C25H28N4OS/c1-25(2,3)20-10-8-19(9-11-20)23(30)29-24(27-17-18-12-14-26-15-13-18)28-21-6-5-7-22(16-21)31-4/h5-16H,17H2,1-4H3,(H2,27,28,29,30). The van der Waals surface area contributed by atoms with Crippen molar-refractivity contribution in [3.05, 3.63) is 89.7 Å². The van der Waals surface area contributed by atoms with Gasteiger partial charge in [-0.3, -0.25) is 15.1 Å². The third-order valence-electron chi connectivity index (χ3n) is 4.75. The number of thioether (sulfide) groups is 1. The van der Waals surface area contributed by atoms with E-state index in [1.807, 2.05) is 66.9 Å². The summed E-state index contributed by atoms with van der Waals surface area (Å²) < 4.78 is 0. The summed E-state index contributed by atoms with van der Waals surface area (Å²) in [6.45, 7) is 6.88. The number of pyridine rings is 1. The van der Waals surface area contributed by atoms with Gasteiger partial charge in [-0.2, -0.15) is 0 Å². The summed E-state index contributed by atoms with van der Waals surface area (Å²) in [5.74, 6) is 0.197. The fourth-order valence-corrected chi connectivity index (χ4v) is 3.37. The van der Waals surface area contributed by atoms with Crippen molar-refractivity contribution < 1.29 is 4.79 Å². The average molecular weight is 433 g/mol. The number of carbonyl (C=O) groups excluding carboxylic acids is 1. The van der Waals surface area contributed by atoms with E-state index in [2.05, 4.69) is 41.4 Å². The molecule has 160 valence electrons. The van der Waals surface area contributed by atoms with Crippen LogP contribution in [0.4, 0.5) is 5.69 Å². The first kappa shape index (κ1) is 22.6. The van der Waals surface area contributed by atoms with Gasteiger partial charge in [0.05, 0.1) is 6.54 Å². The van der Waals surface area contributed by atoms with Crippen molar-refractivity contribution in [3.8, 4) is 0 Å². The molecule has 0 spiro atoms. The van der Waals surface area contributed by atoms with Crippen molar-refractivity contribution in [1.82, 2.24) is 10.3 Å². The third kappa shape index (κ3) is 6.69. The van der Waals surface area contributed by atoms with Crippen LogP contribution in [-0.4, -0.2) is 23.1 Å². The van der Waals surface area contributed by atoms with E-state index in [-0.39, 0.29) is 11.3 Å². The molecule has 0 unspecified atom stereocenters. The normalized spacial score (nSPS) is 11.8. The Balaban J connectivity index is 1.80. The Morgan fingerprint density at radius 1 is 1.03 bits per heavy atom. The average Bonchev–Trinajstić information content (AvgIpc) is 2.78. The predicted octanol–water partition coefficient (Wildman–Crippen LogP) is 5.50. The largest absolute Gasteiger partial charge is 0.326 e. The number of carbonyl (C=O) groups is 1. The SMILES string of the molecule is CSc1cccc(NC(=NCc2ccncc2)NC(=O)c2ccc(C(C)(C)C)cc2)c1. The Morgan fingerprint density at radius 3 is 2.39 bits per heavy atom. The van der Waals surface area contributed by atoms with Gasteiger partial charge in [-0.15, -0.1) is 11.8 Å². The van der Waals surface area contributed by atoms with Gasteiger partial charge in [0.25, 0.3) is 5.91 Å². The van der Waals surface area contributed by atoms with Crippen LogP contribution in [-0.2, 0) is 12.0 Å². The summed E-state index contributed by atoms with van der Waals surface area (Å²) in [5.41, 5.74) is 3.68. The van der Waals surface area contributed by atoms with Gasteiger partial charge in [0.1, 0.15) is 0 Å². The monoisotopic (exact) mass is 432 g/mol. The zero-order valence-electron chi connectivity index (χ0n) is 18.3. The highest BCUT2D eigenvalue weighted by molar-refractivity contribution is 7.98. The van der Waals surface area contributed by atoms with Crippen LogP contribution in [0.15, 0.2) is 82.9 Å². The Labute approximate surface area is 188 Å². The molecule has 1 amide bonds. The number of rotatable bonds is 5. The van der Waals surface area contributed by atoms with E-state index in [9.17, 15) is 4.79 Å². The number of aliphatic imine (C=N–C) groups is 1. The first-order chi connectivity index (χ1) is 14.8. The maximum absolute atomic E-state index is 12.9. The van der Waals surface area contributed by atoms with E-state index in [0.717, 1.165) is 16.1 Å². The predicted molar refractivity (Wildman–Crippen MR) is 130 cm³/mol. The Morgan fingerprint density at radius 2 is 1.74 bits per heavy atom. The quantitative estimate of drug-likeness (QED) is 0.317. The fourth-order valence-electron chi connectivity index (χ4n) is 2.91. The minimum atomic E-state index is -0.206. The van der Waals surface area contributed by atoms with E-state index in [1.165, 1.54) is 5.56 Å². The van der Waals surface area contributed by atoms with Gasteiger partial charge in [0.2, 0.25) is 5.96 Å². The zero-order chi connectivity index (χ0) is 22.3. The zero-order valence-corrected chi connectivity index (χ0v) is 19.2. The fraction of sp³-hybridized carbons (Fsp3) is 0.240. The maximum atomic E-state index is 12.9. The second-order valence-electron chi connectivity index (χ2n) is 8.16. The number of anilines is 1. The highest BCUT2D eigenvalue weighted by Crippen LogP contribution is 2.22. The molecule has 2 N–H and O–H groups in total. The summed E-state index contributed by atoms with van der Waals surface area (Å²) >= 11 is 1.66. The van der Waals surface area contributed by atoms with Gasteiger partial charge in [-0.25, -0.2) is 4.99 Å². The lowest BCUT2D eigenvalue weighted by molar-refractivity contribution is 0.0977. The van der Waals surface area contributed by atoms with Crippen LogP contribution in [0.1, 0.15) is 42.3 Å². The maximum Gasteiger partial charge on any atom is 0.257 e. The summed E-state index contributed by atoms with van der Waals surface area (Å²) in [5, 5.41) is 6.17. The van der Waals surface area contributed by atoms with Gasteiger partial charge in [-0.1, -0.05) is 39.0 Å². The smallest absolute Gasteiger partial charge is 0.257 e. The summed E-state index contributed by atoms with van der Waals surface area (Å²) in [6.07, 6.45) is 5.49. The molecule has 0 fully saturated rings. The van der Waals surface area contributed by atoms with E-state index in [4.69, 9.17) is 0 Å². The molecule has 1 aromatic heterocycles. The molecule has 0 atom stereocenters. The van der Waals surface area contributed by atoms with Crippen LogP contribution in [0.5, 0.6) is 0 Å². The lowest BCUT2D eigenvalue weighted by Crippen LogP contribution is -2.36. The number of guanidine groups is 1. The first-order valence-corrected chi connectivity index (χ1v) is 11.3. The van der Waals surface area contributed by atoms with Crippen molar-refractivity contribution in [2.45, 2.75) is 37.6 Å². The minimum Gasteiger partial charge on any atom is -0.326 e. The molecule has 0 aliphatic carbocycles. The summed E-state index contributed by atoms with van der Waals surface area (Å²) in [7, 11) is 0. The van der Waals surface area contributed by atoms with Crippen molar-refractivity contribution in [1.29, 1.82) is 0 Å². The molecule has 0 radical (unpaired) electrons. The van der Waals surface area contributed by atoms with Crippen LogP contribution in [0.3, 0.4) is 0 Å². The number of aromatic nitrogens is 1. The van der Waals surface area contributed by atoms with Crippen molar-refractivity contribution in [3.63, 3.8) is 0 Å².